The number of fused-ring (bicyclic) bond motifs is 1. The number of nitrogens with zero attached hydrogens (tertiary/aromatic N) is 1. The van der Waals surface area contributed by atoms with Crippen LogP contribution in [0.1, 0.15) is 61.4 Å². The largest absolute Gasteiger partial charge is 0.487 e. The molecule has 5 nitrogen and oxygen atoms in total. The molecule has 1 fully saturated rings. The van der Waals surface area contributed by atoms with Crippen LogP contribution in [0.2, 0.25) is 0 Å². The van der Waals surface area contributed by atoms with Crippen molar-refractivity contribution in [2.45, 2.75) is 51.0 Å². The number of carbonyl (C=O) groups excluding carboxylic acids is 2. The molecule has 4 rings (SSSR count). The molecule has 1 atom stereocenters. The van der Waals surface area contributed by atoms with E-state index in [1.165, 1.54) is 0 Å². The maximum atomic E-state index is 12.7. The average molecular weight is 427 g/mol. The Morgan fingerprint density at radius 2 is 2.00 bits per heavy atom. The van der Waals surface area contributed by atoms with Crippen molar-refractivity contribution >= 4 is 23.2 Å². The molecule has 30 heavy (non-hydrogen) atoms. The average Bonchev–Trinajstić information content (AvgIpc) is 3.27. The van der Waals surface area contributed by atoms with E-state index in [1.54, 1.807) is 11.3 Å². The Labute approximate surface area is 182 Å². The molecule has 160 valence electrons. The smallest absolute Gasteiger partial charge is 0.254 e. The molecular weight excluding hydrogens is 396 g/mol. The zero-order chi connectivity index (χ0) is 21.1. The second-order valence-corrected chi connectivity index (χ2v) is 9.71. The van der Waals surface area contributed by atoms with Gasteiger partial charge in [-0.15, -0.1) is 0 Å². The number of thiophene rings is 1. The van der Waals surface area contributed by atoms with Crippen LogP contribution >= 0.6 is 11.3 Å². The molecule has 1 N–H and O–H groups in total. The Hall–Kier alpha value is -2.34. The fourth-order valence-electron chi connectivity index (χ4n) is 4.53. The lowest BCUT2D eigenvalue weighted by Gasteiger charge is -2.47. The number of likely N-dealkylation sites (tertiary alicyclic amines) is 1. The van der Waals surface area contributed by atoms with E-state index < -0.39 is 0 Å². The van der Waals surface area contributed by atoms with Gasteiger partial charge in [-0.05, 0) is 35.4 Å². The minimum atomic E-state index is -0.303. The fourth-order valence-corrected chi connectivity index (χ4v) is 5.16. The van der Waals surface area contributed by atoms with Gasteiger partial charge in [-0.25, -0.2) is 0 Å². The van der Waals surface area contributed by atoms with Crippen molar-refractivity contribution in [3.8, 4) is 5.75 Å². The van der Waals surface area contributed by atoms with Gasteiger partial charge in [0.2, 0.25) is 5.91 Å². The summed E-state index contributed by atoms with van der Waals surface area (Å²) in [7, 11) is 0. The SMILES string of the molecule is CC(C)CNC(=O)CC1CC2(CCN(C(=O)c3ccsc3)CC2)Oc2ccccc21. The van der Waals surface area contributed by atoms with Crippen LogP contribution < -0.4 is 10.1 Å². The van der Waals surface area contributed by atoms with Gasteiger partial charge >= 0.3 is 0 Å². The third-order valence-electron chi connectivity index (χ3n) is 6.17. The molecule has 3 heterocycles. The number of piperidine rings is 1. The number of benzene rings is 1. The van der Waals surface area contributed by atoms with Gasteiger partial charge in [0, 0.05) is 50.2 Å². The van der Waals surface area contributed by atoms with Crippen molar-refractivity contribution in [2.24, 2.45) is 5.92 Å². The fraction of sp³-hybridized carbons (Fsp3) is 0.500. The highest BCUT2D eigenvalue weighted by Gasteiger charge is 2.44. The first-order chi connectivity index (χ1) is 14.5. The zero-order valence-electron chi connectivity index (χ0n) is 17.7. The van der Waals surface area contributed by atoms with Crippen LogP contribution in [0, 0.1) is 5.92 Å². The first-order valence-corrected chi connectivity index (χ1v) is 11.8. The maximum absolute atomic E-state index is 12.7. The summed E-state index contributed by atoms with van der Waals surface area (Å²) < 4.78 is 6.52. The Balaban J connectivity index is 1.46. The lowest BCUT2D eigenvalue weighted by molar-refractivity contribution is -0.122. The van der Waals surface area contributed by atoms with Gasteiger partial charge in [-0.1, -0.05) is 32.0 Å². The quantitative estimate of drug-likeness (QED) is 0.768. The number of ether oxygens (including phenoxy) is 1. The minimum absolute atomic E-state index is 0.102. The molecule has 6 heteroatoms. The van der Waals surface area contributed by atoms with Crippen LogP contribution in [0.5, 0.6) is 5.75 Å². The van der Waals surface area contributed by atoms with E-state index in [1.807, 2.05) is 39.9 Å². The molecule has 1 aromatic carbocycles. The summed E-state index contributed by atoms with van der Waals surface area (Å²) in [6.07, 6.45) is 2.88. The molecule has 2 aliphatic heterocycles. The van der Waals surface area contributed by atoms with Crippen LogP contribution in [-0.4, -0.2) is 41.9 Å². The zero-order valence-corrected chi connectivity index (χ0v) is 18.5. The first kappa shape index (κ1) is 20.9. The summed E-state index contributed by atoms with van der Waals surface area (Å²) in [6, 6.07) is 9.98. The van der Waals surface area contributed by atoms with Gasteiger partial charge < -0.3 is 15.0 Å². The molecule has 1 saturated heterocycles. The molecule has 0 saturated carbocycles. The molecule has 2 amide bonds. The van der Waals surface area contributed by atoms with E-state index in [-0.39, 0.29) is 23.3 Å². The number of carbonyl (C=O) groups is 2. The molecule has 1 unspecified atom stereocenters. The Bertz CT molecular complexity index is 886. The van der Waals surface area contributed by atoms with Crippen molar-refractivity contribution in [1.82, 2.24) is 10.2 Å². The number of rotatable bonds is 5. The number of nitrogens with one attached hydrogen (secondary N) is 1. The van der Waals surface area contributed by atoms with E-state index in [4.69, 9.17) is 4.74 Å². The van der Waals surface area contributed by atoms with E-state index in [2.05, 4.69) is 25.2 Å². The molecular formula is C24H30N2O3S. The highest BCUT2D eigenvalue weighted by atomic mass is 32.1. The van der Waals surface area contributed by atoms with Crippen molar-refractivity contribution < 1.29 is 14.3 Å². The van der Waals surface area contributed by atoms with Gasteiger partial charge in [0.1, 0.15) is 11.4 Å². The highest BCUT2D eigenvalue weighted by molar-refractivity contribution is 7.08. The normalized spacial score (nSPS) is 20.0. The summed E-state index contributed by atoms with van der Waals surface area (Å²) >= 11 is 1.55. The molecule has 0 bridgehead atoms. The first-order valence-electron chi connectivity index (χ1n) is 10.8. The Morgan fingerprint density at radius 1 is 1.23 bits per heavy atom. The Morgan fingerprint density at radius 3 is 2.70 bits per heavy atom. The Kier molecular flexibility index (Phi) is 6.14. The second-order valence-electron chi connectivity index (χ2n) is 8.93. The van der Waals surface area contributed by atoms with Crippen LogP contribution in [0.15, 0.2) is 41.1 Å². The van der Waals surface area contributed by atoms with Crippen LogP contribution in [0.25, 0.3) is 0 Å². The maximum Gasteiger partial charge on any atom is 0.254 e. The highest BCUT2D eigenvalue weighted by Crippen LogP contribution is 2.46. The van der Waals surface area contributed by atoms with Crippen molar-refractivity contribution in [3.05, 3.63) is 52.2 Å². The van der Waals surface area contributed by atoms with E-state index in [0.717, 1.165) is 36.1 Å². The van der Waals surface area contributed by atoms with Gasteiger partial charge in [0.05, 0.1) is 5.56 Å². The van der Waals surface area contributed by atoms with Crippen LogP contribution in [-0.2, 0) is 4.79 Å². The van der Waals surface area contributed by atoms with Gasteiger partial charge in [-0.3, -0.25) is 9.59 Å². The third-order valence-corrected chi connectivity index (χ3v) is 6.86. The summed E-state index contributed by atoms with van der Waals surface area (Å²) in [6.45, 7) is 6.27. The molecule has 2 aromatic rings. The molecule has 0 radical (unpaired) electrons. The van der Waals surface area contributed by atoms with Gasteiger partial charge in [0.25, 0.3) is 5.91 Å². The number of amides is 2. The predicted octanol–water partition coefficient (Wildman–Crippen LogP) is 4.45. The molecule has 1 spiro atoms. The molecule has 2 aliphatic rings. The van der Waals surface area contributed by atoms with Gasteiger partial charge in [0.15, 0.2) is 0 Å². The number of hydrogen-bond donors (Lipinski definition) is 1. The number of hydrogen-bond acceptors (Lipinski definition) is 4. The van der Waals surface area contributed by atoms with Crippen molar-refractivity contribution in [3.63, 3.8) is 0 Å². The van der Waals surface area contributed by atoms with Crippen molar-refractivity contribution in [2.75, 3.05) is 19.6 Å². The monoisotopic (exact) mass is 426 g/mol. The summed E-state index contributed by atoms with van der Waals surface area (Å²) in [5.74, 6) is 1.68. The lowest BCUT2D eigenvalue weighted by Crippen LogP contribution is -2.52. The summed E-state index contributed by atoms with van der Waals surface area (Å²) in [5.41, 5.74) is 1.59. The molecule has 1 aromatic heterocycles. The van der Waals surface area contributed by atoms with E-state index >= 15 is 0 Å². The predicted molar refractivity (Wildman–Crippen MR) is 119 cm³/mol. The van der Waals surface area contributed by atoms with Crippen LogP contribution in [0.4, 0.5) is 0 Å². The summed E-state index contributed by atoms with van der Waals surface area (Å²) in [4.78, 5) is 27.2. The second kappa shape index (κ2) is 8.80. The topological polar surface area (TPSA) is 58.6 Å². The van der Waals surface area contributed by atoms with Crippen LogP contribution in [0.3, 0.4) is 0 Å². The molecule has 0 aliphatic carbocycles. The summed E-state index contributed by atoms with van der Waals surface area (Å²) in [5, 5.41) is 6.91. The lowest BCUT2D eigenvalue weighted by atomic mass is 9.76. The number of para-hydroxylation sites is 1. The van der Waals surface area contributed by atoms with E-state index in [0.29, 0.717) is 32.0 Å². The van der Waals surface area contributed by atoms with Gasteiger partial charge in [-0.2, -0.15) is 11.3 Å². The minimum Gasteiger partial charge on any atom is -0.487 e. The standard InChI is InChI=1S/C24H30N2O3S/c1-17(2)15-25-22(27)13-19-14-24(29-21-6-4-3-5-20(19)21)8-10-26(11-9-24)23(28)18-7-12-30-16-18/h3-7,12,16-17,19H,8-11,13-15H2,1-2H3,(H,25,27). The third kappa shape index (κ3) is 4.53. The van der Waals surface area contributed by atoms with E-state index in [9.17, 15) is 9.59 Å². The van der Waals surface area contributed by atoms with Crippen molar-refractivity contribution in [1.29, 1.82) is 0 Å².